The first kappa shape index (κ1) is 15.9. The minimum Gasteiger partial charge on any atom is -0.366 e. The highest BCUT2D eigenvalue weighted by Crippen LogP contribution is 2.04. The number of amides is 1. The Labute approximate surface area is 127 Å². The molecule has 0 bridgehead atoms. The molecule has 0 spiro atoms. The molecule has 0 unspecified atom stereocenters. The molecule has 21 heavy (non-hydrogen) atoms. The van der Waals surface area contributed by atoms with E-state index in [9.17, 15) is 4.79 Å². The minimum atomic E-state index is -0.369. The van der Waals surface area contributed by atoms with Gasteiger partial charge in [0.1, 0.15) is 0 Å². The van der Waals surface area contributed by atoms with Crippen LogP contribution in [0.2, 0.25) is 0 Å². The summed E-state index contributed by atoms with van der Waals surface area (Å²) in [6.07, 6.45) is 1.15. The summed E-state index contributed by atoms with van der Waals surface area (Å²) >= 11 is 0. The summed E-state index contributed by atoms with van der Waals surface area (Å²) in [5, 5.41) is 3.43. The first-order chi connectivity index (χ1) is 10.1. The quantitative estimate of drug-likeness (QED) is 0.719. The molecule has 0 radical (unpaired) electrons. The molecular formula is C16H26N4O. The molecule has 1 heterocycles. The smallest absolute Gasteiger partial charge is 0.248 e. The van der Waals surface area contributed by atoms with Gasteiger partial charge in [0.05, 0.1) is 0 Å². The lowest BCUT2D eigenvalue weighted by Crippen LogP contribution is -2.45. The Morgan fingerprint density at radius 3 is 2.76 bits per heavy atom. The number of primary amides is 1. The van der Waals surface area contributed by atoms with Gasteiger partial charge in [0, 0.05) is 38.3 Å². The van der Waals surface area contributed by atoms with Gasteiger partial charge in [0.2, 0.25) is 5.91 Å². The van der Waals surface area contributed by atoms with Crippen molar-refractivity contribution in [1.82, 2.24) is 15.1 Å². The van der Waals surface area contributed by atoms with Crippen LogP contribution in [0.25, 0.3) is 0 Å². The molecule has 1 aromatic carbocycles. The van der Waals surface area contributed by atoms with Crippen LogP contribution in [-0.2, 0) is 6.54 Å². The molecule has 0 saturated carbocycles. The zero-order valence-electron chi connectivity index (χ0n) is 12.8. The van der Waals surface area contributed by atoms with E-state index in [0.717, 1.165) is 31.6 Å². The first-order valence-corrected chi connectivity index (χ1v) is 7.65. The Hall–Kier alpha value is -1.43. The summed E-state index contributed by atoms with van der Waals surface area (Å²) in [5.41, 5.74) is 6.96. The van der Waals surface area contributed by atoms with E-state index in [1.807, 2.05) is 18.2 Å². The third-order valence-electron chi connectivity index (χ3n) is 3.96. The maximum atomic E-state index is 11.1. The van der Waals surface area contributed by atoms with Crippen molar-refractivity contribution in [3.63, 3.8) is 0 Å². The molecule has 2 rings (SSSR count). The van der Waals surface area contributed by atoms with Crippen LogP contribution in [0.15, 0.2) is 24.3 Å². The number of hydrogen-bond donors (Lipinski definition) is 2. The Morgan fingerprint density at radius 2 is 2.05 bits per heavy atom. The SMILES string of the molecule is CN1CCN(CCCNCc2cccc(C(N)=O)c2)CC1. The van der Waals surface area contributed by atoms with Gasteiger partial charge in [0.15, 0.2) is 0 Å². The molecule has 0 aliphatic carbocycles. The van der Waals surface area contributed by atoms with E-state index in [1.165, 1.54) is 26.2 Å². The van der Waals surface area contributed by atoms with Gasteiger partial charge in [-0.1, -0.05) is 12.1 Å². The van der Waals surface area contributed by atoms with Gasteiger partial charge in [-0.05, 0) is 44.3 Å². The van der Waals surface area contributed by atoms with Crippen molar-refractivity contribution < 1.29 is 4.79 Å². The van der Waals surface area contributed by atoms with E-state index in [-0.39, 0.29) is 5.91 Å². The number of likely N-dealkylation sites (N-methyl/N-ethyl adjacent to an activating group) is 1. The monoisotopic (exact) mass is 290 g/mol. The summed E-state index contributed by atoms with van der Waals surface area (Å²) in [6, 6.07) is 7.50. The van der Waals surface area contributed by atoms with Gasteiger partial charge < -0.3 is 20.9 Å². The number of hydrogen-bond acceptors (Lipinski definition) is 4. The zero-order chi connectivity index (χ0) is 15.1. The molecule has 1 aliphatic heterocycles. The van der Waals surface area contributed by atoms with Crippen molar-refractivity contribution in [1.29, 1.82) is 0 Å². The van der Waals surface area contributed by atoms with Crippen molar-refractivity contribution in [2.45, 2.75) is 13.0 Å². The van der Waals surface area contributed by atoms with E-state index in [1.54, 1.807) is 6.07 Å². The van der Waals surface area contributed by atoms with Crippen LogP contribution in [0.3, 0.4) is 0 Å². The van der Waals surface area contributed by atoms with Crippen LogP contribution in [0.4, 0.5) is 0 Å². The molecule has 116 valence electrons. The molecule has 1 aromatic rings. The van der Waals surface area contributed by atoms with Crippen LogP contribution in [0, 0.1) is 0 Å². The van der Waals surface area contributed by atoms with Gasteiger partial charge in [-0.2, -0.15) is 0 Å². The van der Waals surface area contributed by atoms with Crippen molar-refractivity contribution in [3.05, 3.63) is 35.4 Å². The molecule has 5 nitrogen and oxygen atoms in total. The number of nitrogens with one attached hydrogen (secondary N) is 1. The molecule has 0 aromatic heterocycles. The second kappa shape index (κ2) is 8.12. The van der Waals surface area contributed by atoms with E-state index < -0.39 is 0 Å². The van der Waals surface area contributed by atoms with E-state index in [4.69, 9.17) is 5.73 Å². The van der Waals surface area contributed by atoms with Gasteiger partial charge in [-0.25, -0.2) is 0 Å². The first-order valence-electron chi connectivity index (χ1n) is 7.65. The van der Waals surface area contributed by atoms with Gasteiger partial charge in [-0.15, -0.1) is 0 Å². The number of rotatable bonds is 7. The maximum absolute atomic E-state index is 11.1. The predicted octanol–water partition coefficient (Wildman–Crippen LogP) is 0.513. The van der Waals surface area contributed by atoms with Crippen molar-refractivity contribution in [2.75, 3.05) is 46.3 Å². The normalized spacial score (nSPS) is 17.0. The van der Waals surface area contributed by atoms with Crippen LogP contribution in [-0.4, -0.2) is 62.0 Å². The molecular weight excluding hydrogens is 264 g/mol. The fraction of sp³-hybridized carbons (Fsp3) is 0.562. The van der Waals surface area contributed by atoms with Crippen LogP contribution >= 0.6 is 0 Å². The molecule has 3 N–H and O–H groups in total. The van der Waals surface area contributed by atoms with E-state index >= 15 is 0 Å². The van der Waals surface area contributed by atoms with Gasteiger partial charge >= 0.3 is 0 Å². The highest BCUT2D eigenvalue weighted by atomic mass is 16.1. The number of carbonyl (C=O) groups is 1. The highest BCUT2D eigenvalue weighted by Gasteiger charge is 2.12. The Kier molecular flexibility index (Phi) is 6.17. The summed E-state index contributed by atoms with van der Waals surface area (Å²) in [6.45, 7) is 7.63. The summed E-state index contributed by atoms with van der Waals surface area (Å²) in [4.78, 5) is 16.0. The fourth-order valence-corrected chi connectivity index (χ4v) is 2.57. The molecule has 0 atom stereocenters. The summed E-state index contributed by atoms with van der Waals surface area (Å²) in [7, 11) is 2.18. The third-order valence-corrected chi connectivity index (χ3v) is 3.96. The zero-order valence-corrected chi connectivity index (χ0v) is 12.8. The standard InChI is InChI=1S/C16H26N4O/c1-19-8-10-20(11-9-19)7-3-6-18-13-14-4-2-5-15(12-14)16(17)21/h2,4-5,12,18H,3,6-11,13H2,1H3,(H2,17,21). The number of piperazine rings is 1. The highest BCUT2D eigenvalue weighted by molar-refractivity contribution is 5.92. The van der Waals surface area contributed by atoms with Gasteiger partial charge in [-0.3, -0.25) is 4.79 Å². The second-order valence-electron chi connectivity index (χ2n) is 5.74. The van der Waals surface area contributed by atoms with Crippen LogP contribution < -0.4 is 11.1 Å². The number of carbonyl (C=O) groups excluding carboxylic acids is 1. The largest absolute Gasteiger partial charge is 0.366 e. The van der Waals surface area contributed by atoms with Crippen molar-refractivity contribution in [3.8, 4) is 0 Å². The molecule has 5 heteroatoms. The lowest BCUT2D eigenvalue weighted by molar-refractivity contribution is 0.1000. The van der Waals surface area contributed by atoms with Crippen molar-refractivity contribution in [2.24, 2.45) is 5.73 Å². The summed E-state index contributed by atoms with van der Waals surface area (Å²) < 4.78 is 0. The van der Waals surface area contributed by atoms with E-state index in [2.05, 4.69) is 22.2 Å². The lowest BCUT2D eigenvalue weighted by atomic mass is 10.1. The number of nitrogens with two attached hydrogens (primary N) is 1. The molecule has 1 aliphatic rings. The molecule has 1 amide bonds. The van der Waals surface area contributed by atoms with Crippen LogP contribution in [0.5, 0.6) is 0 Å². The second-order valence-corrected chi connectivity index (χ2v) is 5.74. The maximum Gasteiger partial charge on any atom is 0.248 e. The van der Waals surface area contributed by atoms with Gasteiger partial charge in [0.25, 0.3) is 0 Å². The molecule has 1 saturated heterocycles. The topological polar surface area (TPSA) is 61.6 Å². The fourth-order valence-electron chi connectivity index (χ4n) is 2.57. The lowest BCUT2D eigenvalue weighted by Gasteiger charge is -2.32. The predicted molar refractivity (Wildman–Crippen MR) is 85.2 cm³/mol. The molecule has 1 fully saturated rings. The van der Waals surface area contributed by atoms with Crippen molar-refractivity contribution >= 4 is 5.91 Å². The summed E-state index contributed by atoms with van der Waals surface area (Å²) in [5.74, 6) is -0.369. The Morgan fingerprint density at radius 1 is 1.29 bits per heavy atom. The number of nitrogens with zero attached hydrogens (tertiary/aromatic N) is 2. The Balaban J connectivity index is 1.61. The number of benzene rings is 1. The minimum absolute atomic E-state index is 0.369. The third kappa shape index (κ3) is 5.46. The average molecular weight is 290 g/mol. The Bertz CT molecular complexity index is 455. The van der Waals surface area contributed by atoms with E-state index in [0.29, 0.717) is 5.56 Å². The average Bonchev–Trinajstić information content (AvgIpc) is 2.49. The van der Waals surface area contributed by atoms with Crippen LogP contribution in [0.1, 0.15) is 22.3 Å².